The van der Waals surface area contributed by atoms with Crippen LogP contribution in [0.1, 0.15) is 18.1 Å². The average molecular weight is 498 g/mol. The molecule has 4 atom stereocenters. The first-order valence-electron chi connectivity index (χ1n) is 10.5. The van der Waals surface area contributed by atoms with Crippen LogP contribution in [0.5, 0.6) is 0 Å². The van der Waals surface area contributed by atoms with E-state index in [1.165, 1.54) is 29.6 Å². The molecule has 0 spiro atoms. The molecule has 34 heavy (non-hydrogen) atoms. The first kappa shape index (κ1) is 26.2. The molecular weight excluding hydrogens is 471 g/mol. The fraction of sp³-hybridized carbons (Fsp3) is 0.391. The summed E-state index contributed by atoms with van der Waals surface area (Å²) in [4.78, 5) is 0.880. The number of halogens is 3. The zero-order valence-electron chi connectivity index (χ0n) is 18.8. The molecule has 3 N–H and O–H groups in total. The van der Waals surface area contributed by atoms with Gasteiger partial charge in [-0.3, -0.25) is 0 Å². The van der Waals surface area contributed by atoms with Gasteiger partial charge in [-0.05, 0) is 44.0 Å². The van der Waals surface area contributed by atoms with Gasteiger partial charge in [-0.15, -0.1) is 5.10 Å². The predicted molar refractivity (Wildman–Crippen MR) is 121 cm³/mol. The molecule has 0 saturated carbocycles. The molecule has 0 saturated heterocycles. The molecule has 3 aromatic rings. The van der Waals surface area contributed by atoms with Gasteiger partial charge in [0.15, 0.2) is 17.5 Å². The zero-order valence-corrected chi connectivity index (χ0v) is 19.6. The van der Waals surface area contributed by atoms with Crippen molar-refractivity contribution >= 4 is 11.8 Å². The maximum Gasteiger partial charge on any atom is 0.194 e. The van der Waals surface area contributed by atoms with Crippen LogP contribution >= 0.6 is 11.8 Å². The highest BCUT2D eigenvalue weighted by molar-refractivity contribution is 8.00. The monoisotopic (exact) mass is 497 g/mol. The molecule has 11 heteroatoms. The van der Waals surface area contributed by atoms with Crippen molar-refractivity contribution in [1.82, 2.24) is 15.0 Å². The highest BCUT2D eigenvalue weighted by Crippen LogP contribution is 2.33. The van der Waals surface area contributed by atoms with Gasteiger partial charge in [0.05, 0.1) is 25.5 Å². The Morgan fingerprint density at radius 2 is 1.71 bits per heavy atom. The highest BCUT2D eigenvalue weighted by atomic mass is 32.2. The Morgan fingerprint density at radius 1 is 1.09 bits per heavy atom. The van der Waals surface area contributed by atoms with Crippen LogP contribution in [-0.4, -0.2) is 60.7 Å². The van der Waals surface area contributed by atoms with Crippen molar-refractivity contribution in [2.24, 2.45) is 0 Å². The molecule has 184 valence electrons. The van der Waals surface area contributed by atoms with Gasteiger partial charge in [0.1, 0.15) is 23.3 Å². The molecular formula is C23H26F3N3O4S. The number of aliphatic hydroxyl groups is 3. The summed E-state index contributed by atoms with van der Waals surface area (Å²) in [6, 6.07) is 7.36. The number of aromatic nitrogens is 3. The fourth-order valence-corrected chi connectivity index (χ4v) is 4.46. The molecule has 0 radical (unpaired) electrons. The molecule has 0 aliphatic rings. The minimum Gasteiger partial charge on any atom is -0.394 e. The van der Waals surface area contributed by atoms with Gasteiger partial charge in [-0.25, -0.2) is 17.9 Å². The second-order valence-corrected chi connectivity index (χ2v) is 9.06. The Labute approximate surface area is 199 Å². The van der Waals surface area contributed by atoms with Crippen LogP contribution in [0.4, 0.5) is 13.2 Å². The largest absolute Gasteiger partial charge is 0.394 e. The SMILES string of the molecule is Cc1cccc(C)c1SC(OC(CO)[C@@H](C)O)[C@@H](O)Cn1cc(-c2cc(F)c(F)c(F)c2)nn1. The molecule has 0 amide bonds. The minimum atomic E-state index is -1.58. The molecule has 2 unspecified atom stereocenters. The molecule has 2 aromatic carbocycles. The number of thioether (sulfide) groups is 1. The predicted octanol–water partition coefficient (Wildman–Crippen LogP) is 3.22. The van der Waals surface area contributed by atoms with E-state index in [0.29, 0.717) is 0 Å². The standard InChI is InChI=1S/C23H26F3N3O4S/c1-12-5-4-6-13(2)22(12)34-23(33-20(11-30)14(3)31)19(32)10-29-9-18(27-28-29)15-7-16(24)21(26)17(25)8-15/h4-9,14,19-20,23,30-32H,10-11H2,1-3H3/t14-,19+,20?,23?/m1/s1. The quantitative estimate of drug-likeness (QED) is 0.225. The van der Waals surface area contributed by atoms with Crippen molar-refractivity contribution < 1.29 is 33.2 Å². The summed E-state index contributed by atoms with van der Waals surface area (Å²) in [7, 11) is 0. The van der Waals surface area contributed by atoms with Crippen LogP contribution in [0.3, 0.4) is 0 Å². The van der Waals surface area contributed by atoms with Crippen LogP contribution in [0, 0.1) is 31.3 Å². The van der Waals surface area contributed by atoms with Crippen LogP contribution in [0.2, 0.25) is 0 Å². The number of aliphatic hydroxyl groups excluding tert-OH is 3. The number of benzene rings is 2. The number of aryl methyl sites for hydroxylation is 2. The Kier molecular flexibility index (Phi) is 8.72. The number of nitrogens with zero attached hydrogens (tertiary/aromatic N) is 3. The van der Waals surface area contributed by atoms with Gasteiger partial charge in [-0.1, -0.05) is 35.2 Å². The van der Waals surface area contributed by atoms with Crippen LogP contribution in [-0.2, 0) is 11.3 Å². The first-order chi connectivity index (χ1) is 16.1. The zero-order chi connectivity index (χ0) is 25.0. The second kappa shape index (κ2) is 11.3. The van der Waals surface area contributed by atoms with Crippen molar-refractivity contribution in [3.05, 3.63) is 65.1 Å². The lowest BCUT2D eigenvalue weighted by Gasteiger charge is -2.29. The Morgan fingerprint density at radius 3 is 2.26 bits per heavy atom. The molecule has 3 rings (SSSR count). The molecule has 0 aliphatic carbocycles. The van der Waals surface area contributed by atoms with E-state index >= 15 is 0 Å². The smallest absolute Gasteiger partial charge is 0.194 e. The summed E-state index contributed by atoms with van der Waals surface area (Å²) < 4.78 is 47.5. The van der Waals surface area contributed by atoms with Gasteiger partial charge in [0.25, 0.3) is 0 Å². The summed E-state index contributed by atoms with van der Waals surface area (Å²) in [6.07, 6.45) is -1.74. The number of rotatable bonds is 10. The van der Waals surface area contributed by atoms with Crippen LogP contribution in [0.15, 0.2) is 41.4 Å². The van der Waals surface area contributed by atoms with Crippen molar-refractivity contribution in [3.63, 3.8) is 0 Å². The lowest BCUT2D eigenvalue weighted by atomic mass is 10.1. The van der Waals surface area contributed by atoms with Crippen molar-refractivity contribution in [2.45, 2.75) is 56.0 Å². The van der Waals surface area contributed by atoms with E-state index in [2.05, 4.69) is 10.3 Å². The maximum atomic E-state index is 13.6. The number of hydrogen-bond acceptors (Lipinski definition) is 7. The molecule has 7 nitrogen and oxygen atoms in total. The molecule has 1 aromatic heterocycles. The summed E-state index contributed by atoms with van der Waals surface area (Å²) in [6.45, 7) is 4.74. The lowest BCUT2D eigenvalue weighted by Crippen LogP contribution is -2.39. The topological polar surface area (TPSA) is 101 Å². The van der Waals surface area contributed by atoms with Gasteiger partial charge in [0.2, 0.25) is 0 Å². The Hall–Kier alpha value is -2.44. The fourth-order valence-electron chi connectivity index (χ4n) is 3.28. The molecule has 1 heterocycles. The van der Waals surface area contributed by atoms with Crippen molar-refractivity contribution in [1.29, 1.82) is 0 Å². The molecule has 0 bridgehead atoms. The molecule has 0 fully saturated rings. The Bertz CT molecular complexity index is 1090. The van der Waals surface area contributed by atoms with Crippen molar-refractivity contribution in [3.8, 4) is 11.3 Å². The highest BCUT2D eigenvalue weighted by Gasteiger charge is 2.29. The van der Waals surface area contributed by atoms with E-state index in [4.69, 9.17) is 4.74 Å². The van der Waals surface area contributed by atoms with Crippen LogP contribution in [0.25, 0.3) is 11.3 Å². The van der Waals surface area contributed by atoms with Crippen molar-refractivity contribution in [2.75, 3.05) is 6.61 Å². The number of ether oxygens (including phenoxy) is 1. The second-order valence-electron chi connectivity index (χ2n) is 7.95. The average Bonchev–Trinajstić information content (AvgIpc) is 3.24. The van der Waals surface area contributed by atoms with Gasteiger partial charge < -0.3 is 20.1 Å². The normalized spacial score (nSPS) is 15.2. The van der Waals surface area contributed by atoms with Gasteiger partial charge in [-0.2, -0.15) is 0 Å². The third-order valence-corrected chi connectivity index (χ3v) is 6.71. The van der Waals surface area contributed by atoms with Gasteiger partial charge in [0, 0.05) is 10.5 Å². The summed E-state index contributed by atoms with van der Waals surface area (Å²) in [5, 5.41) is 38.2. The van der Waals surface area contributed by atoms with E-state index in [1.807, 2.05) is 32.0 Å². The third kappa shape index (κ3) is 6.16. The maximum absolute atomic E-state index is 13.6. The first-order valence-corrected chi connectivity index (χ1v) is 11.4. The summed E-state index contributed by atoms with van der Waals surface area (Å²) in [5.74, 6) is -4.28. The van der Waals surface area contributed by atoms with Gasteiger partial charge >= 0.3 is 0 Å². The lowest BCUT2D eigenvalue weighted by molar-refractivity contribution is -0.0972. The number of hydrogen-bond donors (Lipinski definition) is 3. The van der Waals surface area contributed by atoms with Crippen LogP contribution < -0.4 is 0 Å². The minimum absolute atomic E-state index is 0.00991. The Balaban J connectivity index is 1.83. The van der Waals surface area contributed by atoms with E-state index in [0.717, 1.165) is 28.2 Å². The van der Waals surface area contributed by atoms with E-state index in [-0.39, 0.29) is 17.8 Å². The third-order valence-electron chi connectivity index (χ3n) is 5.18. The van der Waals surface area contributed by atoms with E-state index < -0.39 is 47.8 Å². The molecule has 0 aliphatic heterocycles. The summed E-state index contributed by atoms with van der Waals surface area (Å²) >= 11 is 1.24. The van der Waals surface area contributed by atoms with E-state index in [9.17, 15) is 28.5 Å². The summed E-state index contributed by atoms with van der Waals surface area (Å²) in [5.41, 5.74) is 1.10. The van der Waals surface area contributed by atoms with E-state index in [1.54, 1.807) is 0 Å².